The summed E-state index contributed by atoms with van der Waals surface area (Å²) < 4.78 is 18.2. The van der Waals surface area contributed by atoms with E-state index in [2.05, 4.69) is 0 Å². The lowest BCUT2D eigenvalue weighted by Crippen LogP contribution is -1.95. The zero-order valence-corrected chi connectivity index (χ0v) is 9.27. The summed E-state index contributed by atoms with van der Waals surface area (Å²) in [5.74, 6) is 0.479. The molecule has 2 aromatic rings. The van der Waals surface area contributed by atoms with Crippen molar-refractivity contribution in [1.82, 2.24) is 0 Å². The van der Waals surface area contributed by atoms with Gasteiger partial charge >= 0.3 is 0 Å². The van der Waals surface area contributed by atoms with E-state index >= 15 is 0 Å². The summed E-state index contributed by atoms with van der Waals surface area (Å²) in [5, 5.41) is 8.89. The van der Waals surface area contributed by atoms with Crippen LogP contribution in [0.15, 0.2) is 48.5 Å². The minimum atomic E-state index is -0.249. The van der Waals surface area contributed by atoms with Gasteiger partial charge in [0.2, 0.25) is 0 Å². The Balaban J connectivity index is 1.95. The first kappa shape index (κ1) is 11.6. The van der Waals surface area contributed by atoms with E-state index in [1.807, 2.05) is 0 Å². The van der Waals surface area contributed by atoms with E-state index in [-0.39, 0.29) is 12.4 Å². The van der Waals surface area contributed by atoms with Gasteiger partial charge in [0, 0.05) is 0 Å². The van der Waals surface area contributed by atoms with E-state index in [9.17, 15) is 4.39 Å². The average molecular weight is 232 g/mol. The highest BCUT2D eigenvalue weighted by Gasteiger charge is 1.97. The summed E-state index contributed by atoms with van der Waals surface area (Å²) in [6.45, 7) is 0.428. The number of aliphatic hydroxyl groups is 1. The predicted molar refractivity (Wildman–Crippen MR) is 63.1 cm³/mol. The van der Waals surface area contributed by atoms with Crippen molar-refractivity contribution in [3.63, 3.8) is 0 Å². The van der Waals surface area contributed by atoms with Crippen LogP contribution in [0.1, 0.15) is 11.1 Å². The quantitative estimate of drug-likeness (QED) is 0.878. The molecule has 0 aliphatic heterocycles. The average Bonchev–Trinajstić information content (AvgIpc) is 2.39. The van der Waals surface area contributed by atoms with Crippen LogP contribution in [-0.4, -0.2) is 5.11 Å². The molecule has 2 nitrogen and oxygen atoms in total. The lowest BCUT2D eigenvalue weighted by molar-refractivity contribution is 0.280. The molecule has 0 atom stereocenters. The Hall–Kier alpha value is -1.87. The number of benzene rings is 2. The molecular formula is C14H13FO2. The molecule has 0 heterocycles. The van der Waals surface area contributed by atoms with Crippen molar-refractivity contribution in [2.45, 2.75) is 13.2 Å². The maximum atomic E-state index is 12.7. The van der Waals surface area contributed by atoms with Gasteiger partial charge in [0.15, 0.2) is 0 Å². The minimum Gasteiger partial charge on any atom is -0.489 e. The molecule has 0 radical (unpaired) electrons. The third-order valence-electron chi connectivity index (χ3n) is 2.42. The second kappa shape index (κ2) is 5.46. The Labute approximate surface area is 99.3 Å². The number of aliphatic hydroxyl groups excluding tert-OH is 1. The van der Waals surface area contributed by atoms with Crippen LogP contribution in [0.5, 0.6) is 5.75 Å². The lowest BCUT2D eigenvalue weighted by atomic mass is 10.2. The van der Waals surface area contributed by atoms with Gasteiger partial charge in [-0.3, -0.25) is 0 Å². The first-order valence-corrected chi connectivity index (χ1v) is 5.35. The lowest BCUT2D eigenvalue weighted by Gasteiger charge is -2.06. The Bertz CT molecular complexity index is 463. The largest absolute Gasteiger partial charge is 0.489 e. The fraction of sp³-hybridized carbons (Fsp3) is 0.143. The zero-order valence-electron chi connectivity index (χ0n) is 9.27. The number of halogens is 1. The van der Waals surface area contributed by atoms with Crippen molar-refractivity contribution < 1.29 is 14.2 Å². The fourth-order valence-corrected chi connectivity index (χ4v) is 1.44. The van der Waals surface area contributed by atoms with Crippen molar-refractivity contribution >= 4 is 0 Å². The Morgan fingerprint density at radius 3 is 2.06 bits per heavy atom. The number of rotatable bonds is 4. The van der Waals surface area contributed by atoms with Gasteiger partial charge in [-0.25, -0.2) is 4.39 Å². The van der Waals surface area contributed by atoms with E-state index in [4.69, 9.17) is 9.84 Å². The van der Waals surface area contributed by atoms with Crippen molar-refractivity contribution in [2.75, 3.05) is 0 Å². The molecule has 0 spiro atoms. The molecule has 0 saturated heterocycles. The van der Waals surface area contributed by atoms with Crippen LogP contribution in [0.4, 0.5) is 4.39 Å². The van der Waals surface area contributed by atoms with Gasteiger partial charge in [0.05, 0.1) is 6.61 Å². The van der Waals surface area contributed by atoms with Crippen molar-refractivity contribution in [3.8, 4) is 5.75 Å². The highest BCUT2D eigenvalue weighted by molar-refractivity contribution is 5.27. The van der Waals surface area contributed by atoms with Crippen LogP contribution in [-0.2, 0) is 13.2 Å². The monoisotopic (exact) mass is 232 g/mol. The molecule has 0 bridgehead atoms. The van der Waals surface area contributed by atoms with Crippen LogP contribution in [0.25, 0.3) is 0 Å². The maximum Gasteiger partial charge on any atom is 0.123 e. The Morgan fingerprint density at radius 1 is 0.882 bits per heavy atom. The molecule has 0 aromatic heterocycles. The first-order valence-electron chi connectivity index (χ1n) is 5.35. The molecule has 1 N–H and O–H groups in total. The molecule has 2 rings (SSSR count). The van der Waals surface area contributed by atoms with E-state index in [1.54, 1.807) is 36.4 Å². The number of hydrogen-bond donors (Lipinski definition) is 1. The molecule has 0 unspecified atom stereocenters. The highest BCUT2D eigenvalue weighted by Crippen LogP contribution is 2.14. The van der Waals surface area contributed by atoms with E-state index in [0.717, 1.165) is 16.9 Å². The predicted octanol–water partition coefficient (Wildman–Crippen LogP) is 2.90. The van der Waals surface area contributed by atoms with Crippen LogP contribution in [0, 0.1) is 5.82 Å². The summed E-state index contributed by atoms with van der Waals surface area (Å²) in [6, 6.07) is 13.4. The first-order chi connectivity index (χ1) is 8.28. The van der Waals surface area contributed by atoms with E-state index < -0.39 is 0 Å². The minimum absolute atomic E-state index is 0.0260. The zero-order chi connectivity index (χ0) is 12.1. The topological polar surface area (TPSA) is 29.5 Å². The van der Waals surface area contributed by atoms with Crippen molar-refractivity contribution in [1.29, 1.82) is 0 Å². The summed E-state index contributed by atoms with van der Waals surface area (Å²) in [5.41, 5.74) is 1.76. The van der Waals surface area contributed by atoms with Gasteiger partial charge in [-0.05, 0) is 35.4 Å². The van der Waals surface area contributed by atoms with Gasteiger partial charge in [-0.1, -0.05) is 24.3 Å². The van der Waals surface area contributed by atoms with Gasteiger partial charge in [0.1, 0.15) is 18.2 Å². The maximum absolute atomic E-state index is 12.7. The molecule has 0 amide bonds. The summed E-state index contributed by atoms with van der Waals surface area (Å²) >= 11 is 0. The van der Waals surface area contributed by atoms with Gasteiger partial charge < -0.3 is 9.84 Å². The molecule has 17 heavy (non-hydrogen) atoms. The Kier molecular flexibility index (Phi) is 3.73. The van der Waals surface area contributed by atoms with Crippen LogP contribution < -0.4 is 4.74 Å². The molecule has 3 heteroatoms. The molecule has 0 aliphatic rings. The van der Waals surface area contributed by atoms with Gasteiger partial charge in [-0.15, -0.1) is 0 Å². The van der Waals surface area contributed by atoms with E-state index in [1.165, 1.54) is 12.1 Å². The normalized spacial score (nSPS) is 10.2. The van der Waals surface area contributed by atoms with Crippen molar-refractivity contribution in [2.24, 2.45) is 0 Å². The van der Waals surface area contributed by atoms with Crippen LogP contribution in [0.3, 0.4) is 0 Å². The number of ether oxygens (including phenoxy) is 1. The fourth-order valence-electron chi connectivity index (χ4n) is 1.44. The van der Waals surface area contributed by atoms with E-state index in [0.29, 0.717) is 6.61 Å². The molecule has 2 aromatic carbocycles. The van der Waals surface area contributed by atoms with Gasteiger partial charge in [-0.2, -0.15) is 0 Å². The second-order valence-electron chi connectivity index (χ2n) is 3.72. The van der Waals surface area contributed by atoms with Crippen LogP contribution in [0.2, 0.25) is 0 Å². The SMILES string of the molecule is OCc1ccc(OCc2ccc(F)cc2)cc1. The standard InChI is InChI=1S/C14H13FO2/c15-13-5-1-12(2-6-13)10-17-14-7-3-11(9-16)4-8-14/h1-8,16H,9-10H2. The molecule has 0 aliphatic carbocycles. The summed E-state index contributed by atoms with van der Waals surface area (Å²) in [4.78, 5) is 0. The third-order valence-corrected chi connectivity index (χ3v) is 2.42. The highest BCUT2D eigenvalue weighted by atomic mass is 19.1. The summed E-state index contributed by atoms with van der Waals surface area (Å²) in [7, 11) is 0. The molecule has 88 valence electrons. The second-order valence-corrected chi connectivity index (χ2v) is 3.72. The molecule has 0 fully saturated rings. The van der Waals surface area contributed by atoms with Crippen LogP contribution >= 0.6 is 0 Å². The molecule has 0 saturated carbocycles. The third kappa shape index (κ3) is 3.29. The number of hydrogen-bond acceptors (Lipinski definition) is 2. The Morgan fingerprint density at radius 2 is 1.47 bits per heavy atom. The smallest absolute Gasteiger partial charge is 0.123 e. The van der Waals surface area contributed by atoms with Gasteiger partial charge in [0.25, 0.3) is 0 Å². The van der Waals surface area contributed by atoms with Crippen molar-refractivity contribution in [3.05, 3.63) is 65.5 Å². The summed E-state index contributed by atoms with van der Waals surface area (Å²) in [6.07, 6.45) is 0. The molecular weight excluding hydrogens is 219 g/mol.